The number of carbonyl (C=O) groups excluding carboxylic acids is 1. The standard InChI is InChI=1S/C14H10Cl3NO/c15-11-5-1-9(2-6-11)14(17,13(18)19)10-3-7-12(16)8-4-10/h1-8H,(H2,18,19). The first-order valence-electron chi connectivity index (χ1n) is 5.45. The van der Waals surface area contributed by atoms with Gasteiger partial charge in [-0.1, -0.05) is 59.1 Å². The van der Waals surface area contributed by atoms with Crippen molar-refractivity contribution in [2.75, 3.05) is 0 Å². The summed E-state index contributed by atoms with van der Waals surface area (Å²) < 4.78 is 0. The van der Waals surface area contributed by atoms with Gasteiger partial charge < -0.3 is 5.73 Å². The maximum atomic E-state index is 11.8. The summed E-state index contributed by atoms with van der Waals surface area (Å²) in [5, 5.41) is 1.12. The average Bonchev–Trinajstić information content (AvgIpc) is 2.39. The minimum absolute atomic E-state index is 0.559. The summed E-state index contributed by atoms with van der Waals surface area (Å²) in [6.07, 6.45) is 0. The third-order valence-corrected chi connectivity index (χ3v) is 3.95. The molecule has 2 aromatic carbocycles. The van der Waals surface area contributed by atoms with Gasteiger partial charge in [-0.2, -0.15) is 0 Å². The molecule has 0 bridgehead atoms. The molecule has 2 N–H and O–H groups in total. The molecule has 2 aromatic rings. The van der Waals surface area contributed by atoms with E-state index in [-0.39, 0.29) is 0 Å². The van der Waals surface area contributed by atoms with Crippen molar-refractivity contribution in [1.82, 2.24) is 0 Å². The zero-order valence-corrected chi connectivity index (χ0v) is 12.0. The summed E-state index contributed by atoms with van der Waals surface area (Å²) in [4.78, 5) is 10.4. The molecule has 0 spiro atoms. The Morgan fingerprint density at radius 2 is 1.16 bits per heavy atom. The maximum Gasteiger partial charge on any atom is 0.247 e. The van der Waals surface area contributed by atoms with E-state index in [1.807, 2.05) is 0 Å². The van der Waals surface area contributed by atoms with Gasteiger partial charge in [-0.3, -0.25) is 4.79 Å². The Bertz CT molecular complexity index is 548. The van der Waals surface area contributed by atoms with E-state index < -0.39 is 10.8 Å². The molecule has 0 aliphatic carbocycles. The van der Waals surface area contributed by atoms with Crippen molar-refractivity contribution in [1.29, 1.82) is 0 Å². The Morgan fingerprint density at radius 3 is 1.42 bits per heavy atom. The van der Waals surface area contributed by atoms with E-state index in [0.717, 1.165) is 0 Å². The van der Waals surface area contributed by atoms with E-state index in [0.29, 0.717) is 21.2 Å². The minimum Gasteiger partial charge on any atom is -0.368 e. The van der Waals surface area contributed by atoms with E-state index in [1.54, 1.807) is 48.5 Å². The van der Waals surface area contributed by atoms with Crippen molar-refractivity contribution in [3.8, 4) is 0 Å². The molecule has 0 radical (unpaired) electrons. The topological polar surface area (TPSA) is 43.1 Å². The van der Waals surface area contributed by atoms with Gasteiger partial charge in [-0.05, 0) is 35.4 Å². The van der Waals surface area contributed by atoms with Crippen LogP contribution in [0.1, 0.15) is 11.1 Å². The molecular weight excluding hydrogens is 305 g/mol. The molecule has 0 atom stereocenters. The highest BCUT2D eigenvalue weighted by Crippen LogP contribution is 2.37. The zero-order valence-electron chi connectivity index (χ0n) is 9.74. The lowest BCUT2D eigenvalue weighted by molar-refractivity contribution is -0.119. The minimum atomic E-state index is -1.44. The van der Waals surface area contributed by atoms with Crippen LogP contribution in [-0.2, 0) is 9.67 Å². The molecule has 98 valence electrons. The molecule has 0 saturated heterocycles. The van der Waals surface area contributed by atoms with E-state index in [9.17, 15) is 4.79 Å². The van der Waals surface area contributed by atoms with E-state index in [2.05, 4.69) is 0 Å². The van der Waals surface area contributed by atoms with Gasteiger partial charge >= 0.3 is 0 Å². The van der Waals surface area contributed by atoms with E-state index in [4.69, 9.17) is 40.5 Å². The predicted octanol–water partition coefficient (Wildman–Crippen LogP) is 3.96. The van der Waals surface area contributed by atoms with Crippen LogP contribution in [0.2, 0.25) is 10.0 Å². The number of amides is 1. The molecular formula is C14H10Cl3NO. The van der Waals surface area contributed by atoms with Gasteiger partial charge in [0.2, 0.25) is 5.91 Å². The van der Waals surface area contributed by atoms with Crippen LogP contribution < -0.4 is 5.73 Å². The fraction of sp³-hybridized carbons (Fsp3) is 0.0714. The number of primary amides is 1. The normalized spacial score (nSPS) is 11.3. The molecule has 2 rings (SSSR count). The highest BCUT2D eigenvalue weighted by Gasteiger charge is 2.38. The van der Waals surface area contributed by atoms with Gasteiger partial charge in [0.1, 0.15) is 0 Å². The highest BCUT2D eigenvalue weighted by atomic mass is 35.5. The molecule has 0 heterocycles. The monoisotopic (exact) mass is 313 g/mol. The van der Waals surface area contributed by atoms with E-state index in [1.165, 1.54) is 0 Å². The van der Waals surface area contributed by atoms with Gasteiger partial charge in [0.15, 0.2) is 4.87 Å². The first kappa shape index (κ1) is 14.2. The molecule has 0 fully saturated rings. The number of halogens is 3. The fourth-order valence-corrected chi connectivity index (χ4v) is 2.31. The third kappa shape index (κ3) is 2.71. The van der Waals surface area contributed by atoms with Crippen LogP contribution in [-0.4, -0.2) is 5.91 Å². The van der Waals surface area contributed by atoms with Crippen LogP contribution >= 0.6 is 34.8 Å². The second-order valence-corrected chi connectivity index (χ2v) is 5.48. The summed E-state index contributed by atoms with van der Waals surface area (Å²) >= 11 is 18.1. The number of benzene rings is 2. The predicted molar refractivity (Wildman–Crippen MR) is 78.7 cm³/mol. The first-order chi connectivity index (χ1) is 8.94. The number of hydrogen-bond donors (Lipinski definition) is 1. The summed E-state index contributed by atoms with van der Waals surface area (Å²) in [6, 6.07) is 13.3. The van der Waals surface area contributed by atoms with E-state index >= 15 is 0 Å². The van der Waals surface area contributed by atoms with Gasteiger partial charge in [0.05, 0.1) is 0 Å². The molecule has 1 amide bonds. The van der Waals surface area contributed by atoms with Crippen LogP contribution in [0, 0.1) is 0 Å². The number of rotatable bonds is 3. The molecule has 2 nitrogen and oxygen atoms in total. The Kier molecular flexibility index (Phi) is 4.04. The smallest absolute Gasteiger partial charge is 0.247 e. The number of carbonyl (C=O) groups is 1. The SMILES string of the molecule is NC(=O)C(Cl)(c1ccc(Cl)cc1)c1ccc(Cl)cc1. The lowest BCUT2D eigenvalue weighted by Crippen LogP contribution is -2.37. The largest absolute Gasteiger partial charge is 0.368 e. The Balaban J connectivity index is 2.57. The maximum absolute atomic E-state index is 11.8. The second kappa shape index (κ2) is 5.41. The summed E-state index contributed by atoms with van der Waals surface area (Å²) in [5.41, 5.74) is 6.60. The van der Waals surface area contributed by atoms with Crippen LogP contribution in [0.4, 0.5) is 0 Å². The summed E-state index contributed by atoms with van der Waals surface area (Å²) in [5.74, 6) is -0.654. The molecule has 19 heavy (non-hydrogen) atoms. The third-order valence-electron chi connectivity index (χ3n) is 2.82. The van der Waals surface area contributed by atoms with Crippen LogP contribution in [0.25, 0.3) is 0 Å². The average molecular weight is 315 g/mol. The van der Waals surface area contributed by atoms with Gasteiger partial charge in [-0.25, -0.2) is 0 Å². The lowest BCUT2D eigenvalue weighted by Gasteiger charge is -2.24. The van der Waals surface area contributed by atoms with Crippen molar-refractivity contribution in [3.63, 3.8) is 0 Å². The summed E-state index contributed by atoms with van der Waals surface area (Å²) in [7, 11) is 0. The number of alkyl halides is 1. The zero-order chi connectivity index (χ0) is 14.0. The van der Waals surface area contributed by atoms with Crippen molar-refractivity contribution in [3.05, 3.63) is 69.7 Å². The van der Waals surface area contributed by atoms with Crippen LogP contribution in [0.5, 0.6) is 0 Å². The number of nitrogens with two attached hydrogens (primary N) is 1. The molecule has 0 saturated carbocycles. The molecule has 0 unspecified atom stereocenters. The van der Waals surface area contributed by atoms with Crippen molar-refractivity contribution < 1.29 is 4.79 Å². The molecule has 0 aliphatic rings. The highest BCUT2D eigenvalue weighted by molar-refractivity contribution is 6.37. The lowest BCUT2D eigenvalue weighted by atomic mass is 9.90. The van der Waals surface area contributed by atoms with Gasteiger partial charge in [0.25, 0.3) is 0 Å². The van der Waals surface area contributed by atoms with Gasteiger partial charge in [-0.15, -0.1) is 0 Å². The Morgan fingerprint density at radius 1 is 0.842 bits per heavy atom. The Labute approximate surface area is 126 Å². The molecule has 0 aliphatic heterocycles. The molecule has 0 aromatic heterocycles. The van der Waals surface area contributed by atoms with Crippen molar-refractivity contribution >= 4 is 40.7 Å². The fourth-order valence-electron chi connectivity index (χ4n) is 1.81. The Hall–Kier alpha value is -1.22. The van der Waals surface area contributed by atoms with Crippen molar-refractivity contribution in [2.45, 2.75) is 4.87 Å². The molecule has 5 heteroatoms. The van der Waals surface area contributed by atoms with Crippen LogP contribution in [0.15, 0.2) is 48.5 Å². The van der Waals surface area contributed by atoms with Gasteiger partial charge in [0, 0.05) is 10.0 Å². The van der Waals surface area contributed by atoms with Crippen LogP contribution in [0.3, 0.4) is 0 Å². The number of hydrogen-bond acceptors (Lipinski definition) is 1. The summed E-state index contributed by atoms with van der Waals surface area (Å²) in [6.45, 7) is 0. The first-order valence-corrected chi connectivity index (χ1v) is 6.59. The second-order valence-electron chi connectivity index (χ2n) is 4.04. The quantitative estimate of drug-likeness (QED) is 0.856. The van der Waals surface area contributed by atoms with Crippen molar-refractivity contribution in [2.24, 2.45) is 5.73 Å².